The van der Waals surface area contributed by atoms with Crippen LogP contribution in [0.4, 0.5) is 10.1 Å². The molecule has 0 saturated carbocycles. The zero-order valence-electron chi connectivity index (χ0n) is 17.6. The fraction of sp³-hybridized carbons (Fsp3) is 0.478. The van der Waals surface area contributed by atoms with Crippen molar-refractivity contribution in [1.29, 1.82) is 0 Å². The van der Waals surface area contributed by atoms with Gasteiger partial charge < -0.3 is 14.4 Å². The predicted molar refractivity (Wildman–Crippen MR) is 111 cm³/mol. The number of nitrogens with zero attached hydrogens (tertiary/aromatic N) is 2. The number of methoxy groups -OCH3 is 1. The van der Waals surface area contributed by atoms with Crippen molar-refractivity contribution >= 4 is 11.6 Å². The van der Waals surface area contributed by atoms with Crippen molar-refractivity contribution in [3.05, 3.63) is 47.4 Å². The molecule has 1 fully saturated rings. The number of hydrogen-bond donors (Lipinski definition) is 0. The van der Waals surface area contributed by atoms with Gasteiger partial charge in [0.15, 0.2) is 0 Å². The number of pyridine rings is 1. The van der Waals surface area contributed by atoms with Gasteiger partial charge in [-0.25, -0.2) is 9.37 Å². The molecule has 1 saturated heterocycles. The molecule has 0 N–H and O–H groups in total. The van der Waals surface area contributed by atoms with E-state index in [-0.39, 0.29) is 30.2 Å². The highest BCUT2D eigenvalue weighted by molar-refractivity contribution is 5.97. The standard InChI is InChI=1S/C23H29FN2O3/c1-5-8-17(6-2)29-23-20(9-7-10-25-23)26-14-16(12-21(26)27)22-15(3)11-18(28-4)13-19(22)24/h7,9-11,13,16-17H,5-6,8,12,14H2,1-4H3/t16-,17?/m0/s1. The Kier molecular flexibility index (Phi) is 6.72. The number of rotatable bonds is 8. The van der Waals surface area contributed by atoms with Crippen molar-refractivity contribution in [3.8, 4) is 11.6 Å². The van der Waals surface area contributed by atoms with Gasteiger partial charge >= 0.3 is 0 Å². The van der Waals surface area contributed by atoms with Gasteiger partial charge in [0.05, 0.1) is 7.11 Å². The number of aromatic nitrogens is 1. The van der Waals surface area contributed by atoms with Gasteiger partial charge in [0, 0.05) is 31.1 Å². The van der Waals surface area contributed by atoms with Crippen molar-refractivity contribution in [2.24, 2.45) is 0 Å². The van der Waals surface area contributed by atoms with Crippen LogP contribution in [0.3, 0.4) is 0 Å². The van der Waals surface area contributed by atoms with Crippen LogP contribution in [0.15, 0.2) is 30.5 Å². The molecule has 1 amide bonds. The first-order chi connectivity index (χ1) is 14.0. The highest BCUT2D eigenvalue weighted by atomic mass is 19.1. The minimum atomic E-state index is -0.335. The van der Waals surface area contributed by atoms with E-state index < -0.39 is 0 Å². The number of benzene rings is 1. The molecule has 3 rings (SSSR count). The molecule has 156 valence electrons. The summed E-state index contributed by atoms with van der Waals surface area (Å²) in [5, 5.41) is 0. The van der Waals surface area contributed by atoms with Crippen LogP contribution in [0.2, 0.25) is 0 Å². The first kappa shape index (κ1) is 21.1. The van der Waals surface area contributed by atoms with E-state index in [0.717, 1.165) is 24.8 Å². The third-order valence-corrected chi connectivity index (χ3v) is 5.47. The lowest BCUT2D eigenvalue weighted by molar-refractivity contribution is -0.117. The zero-order valence-corrected chi connectivity index (χ0v) is 17.6. The average Bonchev–Trinajstić information content (AvgIpc) is 3.08. The lowest BCUT2D eigenvalue weighted by Crippen LogP contribution is -2.26. The molecule has 1 unspecified atom stereocenters. The Labute approximate surface area is 171 Å². The molecule has 0 spiro atoms. The first-order valence-electron chi connectivity index (χ1n) is 10.2. The second-order valence-electron chi connectivity index (χ2n) is 7.51. The number of carbonyl (C=O) groups is 1. The molecule has 0 bridgehead atoms. The maximum absolute atomic E-state index is 14.7. The predicted octanol–water partition coefficient (Wildman–Crippen LogP) is 5.02. The zero-order chi connectivity index (χ0) is 21.0. The normalized spacial score (nSPS) is 17.5. The number of hydrogen-bond acceptors (Lipinski definition) is 4. The lowest BCUT2D eigenvalue weighted by atomic mass is 9.93. The van der Waals surface area contributed by atoms with Crippen LogP contribution < -0.4 is 14.4 Å². The van der Waals surface area contributed by atoms with Crippen LogP contribution in [-0.2, 0) is 4.79 Å². The quantitative estimate of drug-likeness (QED) is 0.625. The number of amides is 1. The van der Waals surface area contributed by atoms with E-state index in [0.29, 0.717) is 29.4 Å². The molecule has 2 aromatic rings. The summed E-state index contributed by atoms with van der Waals surface area (Å²) in [5.41, 5.74) is 2.02. The van der Waals surface area contributed by atoms with E-state index in [1.807, 2.05) is 13.0 Å². The molecule has 0 radical (unpaired) electrons. The molecule has 0 aliphatic carbocycles. The summed E-state index contributed by atoms with van der Waals surface area (Å²) < 4.78 is 26.0. The highest BCUT2D eigenvalue weighted by Gasteiger charge is 2.35. The summed E-state index contributed by atoms with van der Waals surface area (Å²) in [5.74, 6) is 0.339. The summed E-state index contributed by atoms with van der Waals surface area (Å²) in [4.78, 5) is 18.9. The number of anilines is 1. The molecule has 2 heterocycles. The van der Waals surface area contributed by atoms with Crippen LogP contribution in [0.1, 0.15) is 56.6 Å². The summed E-state index contributed by atoms with van der Waals surface area (Å²) >= 11 is 0. The number of ether oxygens (including phenoxy) is 2. The Balaban J connectivity index is 1.87. The summed E-state index contributed by atoms with van der Waals surface area (Å²) in [6, 6.07) is 6.83. The molecule has 1 aromatic carbocycles. The van der Waals surface area contributed by atoms with Gasteiger partial charge in [0.2, 0.25) is 11.8 Å². The van der Waals surface area contributed by atoms with E-state index >= 15 is 0 Å². The van der Waals surface area contributed by atoms with E-state index in [9.17, 15) is 9.18 Å². The molecule has 1 aromatic heterocycles. The van der Waals surface area contributed by atoms with Crippen molar-refractivity contribution in [2.45, 2.75) is 58.5 Å². The van der Waals surface area contributed by atoms with Gasteiger partial charge in [0.1, 0.15) is 23.4 Å². The SMILES string of the molecule is CCCC(CC)Oc1ncccc1N1C[C@@H](c2c(C)cc(OC)cc2F)CC1=O. The smallest absolute Gasteiger partial charge is 0.238 e. The molecular weight excluding hydrogens is 371 g/mol. The third kappa shape index (κ3) is 4.52. The van der Waals surface area contributed by atoms with Crippen molar-refractivity contribution in [2.75, 3.05) is 18.6 Å². The van der Waals surface area contributed by atoms with E-state index in [1.54, 1.807) is 23.2 Å². The molecule has 1 aliphatic heterocycles. The van der Waals surface area contributed by atoms with Crippen LogP contribution >= 0.6 is 0 Å². The Morgan fingerprint density at radius 2 is 2.14 bits per heavy atom. The number of halogens is 1. The van der Waals surface area contributed by atoms with Crippen molar-refractivity contribution in [1.82, 2.24) is 4.98 Å². The molecular formula is C23H29FN2O3. The maximum atomic E-state index is 14.7. The van der Waals surface area contributed by atoms with Crippen molar-refractivity contribution in [3.63, 3.8) is 0 Å². The Morgan fingerprint density at radius 3 is 2.79 bits per heavy atom. The van der Waals surface area contributed by atoms with Crippen LogP contribution in [0, 0.1) is 12.7 Å². The average molecular weight is 400 g/mol. The fourth-order valence-corrected chi connectivity index (χ4v) is 4.00. The maximum Gasteiger partial charge on any atom is 0.238 e. The monoisotopic (exact) mass is 400 g/mol. The van der Waals surface area contributed by atoms with Gasteiger partial charge in [-0.1, -0.05) is 20.3 Å². The van der Waals surface area contributed by atoms with Gasteiger partial charge in [-0.2, -0.15) is 0 Å². The minimum absolute atomic E-state index is 0.0500. The van der Waals surface area contributed by atoms with E-state index in [2.05, 4.69) is 18.8 Å². The number of aryl methyl sites for hydroxylation is 1. The molecule has 5 nitrogen and oxygen atoms in total. The largest absolute Gasteiger partial charge is 0.497 e. The Hall–Kier alpha value is -2.63. The Bertz CT molecular complexity index is 848. The molecule has 1 aliphatic rings. The van der Waals surface area contributed by atoms with Crippen LogP contribution in [-0.4, -0.2) is 30.6 Å². The summed E-state index contributed by atoms with van der Waals surface area (Å²) in [6.45, 7) is 6.44. The third-order valence-electron chi connectivity index (χ3n) is 5.47. The van der Waals surface area contributed by atoms with Crippen LogP contribution in [0.25, 0.3) is 0 Å². The first-order valence-corrected chi connectivity index (χ1v) is 10.2. The van der Waals surface area contributed by atoms with E-state index in [4.69, 9.17) is 9.47 Å². The Morgan fingerprint density at radius 1 is 1.34 bits per heavy atom. The second-order valence-corrected chi connectivity index (χ2v) is 7.51. The highest BCUT2D eigenvalue weighted by Crippen LogP contribution is 2.38. The molecule has 29 heavy (non-hydrogen) atoms. The molecule has 6 heteroatoms. The second kappa shape index (κ2) is 9.25. The lowest BCUT2D eigenvalue weighted by Gasteiger charge is -2.23. The molecule has 2 atom stereocenters. The summed E-state index contributed by atoms with van der Waals surface area (Å²) in [7, 11) is 1.51. The van der Waals surface area contributed by atoms with Gasteiger partial charge in [0.25, 0.3) is 0 Å². The van der Waals surface area contributed by atoms with Gasteiger partial charge in [-0.05, 0) is 49.1 Å². The van der Waals surface area contributed by atoms with Crippen LogP contribution in [0.5, 0.6) is 11.6 Å². The topological polar surface area (TPSA) is 51.7 Å². The fourth-order valence-electron chi connectivity index (χ4n) is 4.00. The minimum Gasteiger partial charge on any atom is -0.497 e. The van der Waals surface area contributed by atoms with Gasteiger partial charge in [-0.15, -0.1) is 0 Å². The van der Waals surface area contributed by atoms with Gasteiger partial charge in [-0.3, -0.25) is 4.79 Å². The number of carbonyl (C=O) groups excluding carboxylic acids is 1. The van der Waals surface area contributed by atoms with Crippen molar-refractivity contribution < 1.29 is 18.7 Å². The summed E-state index contributed by atoms with van der Waals surface area (Å²) in [6.07, 6.45) is 4.80. The van der Waals surface area contributed by atoms with E-state index in [1.165, 1.54) is 13.2 Å².